The predicted octanol–water partition coefficient (Wildman–Crippen LogP) is 2.41. The van der Waals surface area contributed by atoms with E-state index in [0.717, 1.165) is 22.4 Å². The van der Waals surface area contributed by atoms with E-state index in [4.69, 9.17) is 0 Å². The second-order valence-corrected chi connectivity index (χ2v) is 4.95. The van der Waals surface area contributed by atoms with Crippen LogP contribution in [0.25, 0.3) is 0 Å². The lowest BCUT2D eigenvalue weighted by Crippen LogP contribution is -2.24. The summed E-state index contributed by atoms with van der Waals surface area (Å²) in [4.78, 5) is 15.9. The van der Waals surface area contributed by atoms with Crippen molar-refractivity contribution in [3.05, 3.63) is 65.0 Å². The number of nitrogens with one attached hydrogen (secondary N) is 1. The summed E-state index contributed by atoms with van der Waals surface area (Å²) in [6, 6.07) is 11.8. The average molecular weight is 278 g/mol. The summed E-state index contributed by atoms with van der Waals surface area (Å²) < 4.78 is 0. The maximum atomic E-state index is 11.7. The molecule has 0 aliphatic carbocycles. The third kappa shape index (κ3) is 5.12. The number of pyridine rings is 1. The summed E-state index contributed by atoms with van der Waals surface area (Å²) in [6.07, 6.45) is 2.45. The predicted molar refractivity (Wildman–Crippen MR) is 83.7 cm³/mol. The molecule has 1 aromatic carbocycles. The van der Waals surface area contributed by atoms with Crippen LogP contribution in [-0.2, 0) is 11.2 Å². The van der Waals surface area contributed by atoms with Gasteiger partial charge in [-0.25, -0.2) is 0 Å². The van der Waals surface area contributed by atoms with E-state index < -0.39 is 0 Å². The molecule has 0 fully saturated rings. The molecule has 1 aromatic heterocycles. The number of benzene rings is 1. The molecule has 1 heterocycles. The van der Waals surface area contributed by atoms with Crippen LogP contribution in [0, 0.1) is 25.7 Å². The number of aryl methyl sites for hydroxylation is 2. The lowest BCUT2D eigenvalue weighted by molar-refractivity contribution is -0.115. The second kappa shape index (κ2) is 7.25. The fourth-order valence-corrected chi connectivity index (χ4v) is 2.07. The first kappa shape index (κ1) is 14.8. The highest BCUT2D eigenvalue weighted by Crippen LogP contribution is 2.07. The first-order chi connectivity index (χ1) is 10.1. The summed E-state index contributed by atoms with van der Waals surface area (Å²) in [5, 5.41) is 2.78. The highest BCUT2D eigenvalue weighted by Gasteiger charge is 1.97. The van der Waals surface area contributed by atoms with E-state index in [-0.39, 0.29) is 5.91 Å². The van der Waals surface area contributed by atoms with Crippen LogP contribution in [-0.4, -0.2) is 17.4 Å². The van der Waals surface area contributed by atoms with Gasteiger partial charge in [-0.2, -0.15) is 0 Å². The lowest BCUT2D eigenvalue weighted by Gasteiger charge is -2.00. The first-order valence-corrected chi connectivity index (χ1v) is 6.91. The number of aromatic nitrogens is 1. The van der Waals surface area contributed by atoms with E-state index in [0.29, 0.717) is 13.0 Å². The van der Waals surface area contributed by atoms with Crippen LogP contribution in [0.4, 0.5) is 0 Å². The molecule has 0 saturated carbocycles. The Balaban J connectivity index is 1.86. The van der Waals surface area contributed by atoms with Gasteiger partial charge in [-0.1, -0.05) is 18.1 Å². The molecule has 3 heteroatoms. The highest BCUT2D eigenvalue weighted by atomic mass is 16.1. The molecule has 2 rings (SSSR count). The van der Waals surface area contributed by atoms with E-state index >= 15 is 0 Å². The Kier molecular flexibility index (Phi) is 5.11. The van der Waals surface area contributed by atoms with Crippen molar-refractivity contribution in [2.24, 2.45) is 0 Å². The molecule has 21 heavy (non-hydrogen) atoms. The molecule has 2 aromatic rings. The molecule has 1 amide bonds. The minimum absolute atomic E-state index is 0.259. The number of hydrogen-bond donors (Lipinski definition) is 1. The van der Waals surface area contributed by atoms with Crippen molar-refractivity contribution in [1.82, 2.24) is 10.3 Å². The van der Waals surface area contributed by atoms with E-state index in [2.05, 4.69) is 28.2 Å². The van der Waals surface area contributed by atoms with E-state index in [9.17, 15) is 4.79 Å². The SMILES string of the molecule is Cc1cc(C)cc(C#CC(=O)NCCc2ccccn2)c1. The van der Waals surface area contributed by atoms with Gasteiger partial charge < -0.3 is 5.32 Å². The van der Waals surface area contributed by atoms with Gasteiger partial charge in [0.15, 0.2) is 0 Å². The number of carbonyl (C=O) groups is 1. The van der Waals surface area contributed by atoms with E-state index in [1.807, 2.05) is 44.2 Å². The topological polar surface area (TPSA) is 42.0 Å². The molecule has 0 atom stereocenters. The third-order valence-corrected chi connectivity index (χ3v) is 2.93. The molecule has 106 valence electrons. The standard InChI is InChI=1S/C18H18N2O/c1-14-11-15(2)13-16(12-14)6-7-18(21)20-10-8-17-5-3-4-9-19-17/h3-5,9,11-13H,8,10H2,1-2H3,(H,20,21). The molecule has 0 aliphatic rings. The lowest BCUT2D eigenvalue weighted by atomic mass is 10.1. The van der Waals surface area contributed by atoms with Gasteiger partial charge >= 0.3 is 0 Å². The van der Waals surface area contributed by atoms with Crippen molar-refractivity contribution >= 4 is 5.91 Å². The number of amides is 1. The van der Waals surface area contributed by atoms with Crippen LogP contribution in [0.15, 0.2) is 42.6 Å². The van der Waals surface area contributed by atoms with Crippen LogP contribution in [0.3, 0.4) is 0 Å². The molecule has 0 unspecified atom stereocenters. The smallest absolute Gasteiger partial charge is 0.296 e. The third-order valence-electron chi connectivity index (χ3n) is 2.93. The Morgan fingerprint density at radius 2 is 1.95 bits per heavy atom. The molecular weight excluding hydrogens is 260 g/mol. The molecule has 0 radical (unpaired) electrons. The Morgan fingerprint density at radius 1 is 1.19 bits per heavy atom. The molecule has 0 bridgehead atoms. The zero-order valence-corrected chi connectivity index (χ0v) is 12.3. The van der Waals surface area contributed by atoms with Gasteiger partial charge in [0.05, 0.1) is 0 Å². The van der Waals surface area contributed by atoms with E-state index in [1.165, 1.54) is 0 Å². The highest BCUT2D eigenvalue weighted by molar-refractivity contribution is 5.94. The van der Waals surface area contributed by atoms with Crippen molar-refractivity contribution in [2.45, 2.75) is 20.3 Å². The van der Waals surface area contributed by atoms with Crippen LogP contribution >= 0.6 is 0 Å². The fourth-order valence-electron chi connectivity index (χ4n) is 2.07. The van der Waals surface area contributed by atoms with Crippen molar-refractivity contribution in [2.75, 3.05) is 6.54 Å². The summed E-state index contributed by atoms with van der Waals surface area (Å²) >= 11 is 0. The fraction of sp³-hybridized carbons (Fsp3) is 0.222. The van der Waals surface area contributed by atoms with Gasteiger partial charge in [0.25, 0.3) is 5.91 Å². The maximum absolute atomic E-state index is 11.7. The molecule has 1 N–H and O–H groups in total. The average Bonchev–Trinajstić information content (AvgIpc) is 2.45. The van der Waals surface area contributed by atoms with Crippen molar-refractivity contribution in [3.8, 4) is 11.8 Å². The number of hydrogen-bond acceptors (Lipinski definition) is 2. The first-order valence-electron chi connectivity index (χ1n) is 6.91. The van der Waals surface area contributed by atoms with Gasteiger partial charge in [0.1, 0.15) is 0 Å². The van der Waals surface area contributed by atoms with Crippen molar-refractivity contribution in [3.63, 3.8) is 0 Å². The maximum Gasteiger partial charge on any atom is 0.296 e. The zero-order chi connectivity index (χ0) is 15.1. The monoisotopic (exact) mass is 278 g/mol. The van der Waals surface area contributed by atoms with Crippen LogP contribution < -0.4 is 5.32 Å². The Labute approximate surface area is 125 Å². The molecule has 0 spiro atoms. The van der Waals surface area contributed by atoms with Crippen LogP contribution in [0.5, 0.6) is 0 Å². The summed E-state index contributed by atoms with van der Waals surface area (Å²) in [5.74, 6) is 5.26. The minimum atomic E-state index is -0.259. The van der Waals surface area contributed by atoms with E-state index in [1.54, 1.807) is 6.20 Å². The molecule has 0 saturated heterocycles. The second-order valence-electron chi connectivity index (χ2n) is 4.95. The van der Waals surface area contributed by atoms with Crippen LogP contribution in [0.2, 0.25) is 0 Å². The molecular formula is C18H18N2O. The summed E-state index contributed by atoms with van der Waals surface area (Å²) in [6.45, 7) is 4.58. The van der Waals surface area contributed by atoms with Crippen molar-refractivity contribution in [1.29, 1.82) is 0 Å². The Hall–Kier alpha value is -2.60. The summed E-state index contributed by atoms with van der Waals surface area (Å²) in [5.41, 5.74) is 4.12. The number of carbonyl (C=O) groups excluding carboxylic acids is 1. The van der Waals surface area contributed by atoms with Crippen LogP contribution in [0.1, 0.15) is 22.4 Å². The van der Waals surface area contributed by atoms with Gasteiger partial charge in [-0.05, 0) is 49.2 Å². The Morgan fingerprint density at radius 3 is 2.62 bits per heavy atom. The Bertz CT molecular complexity index is 661. The minimum Gasteiger partial charge on any atom is -0.345 e. The van der Waals surface area contributed by atoms with Gasteiger partial charge in [0, 0.05) is 36.3 Å². The van der Waals surface area contributed by atoms with Gasteiger partial charge in [0.2, 0.25) is 0 Å². The van der Waals surface area contributed by atoms with Crippen molar-refractivity contribution < 1.29 is 4.79 Å². The van der Waals surface area contributed by atoms with Gasteiger partial charge in [-0.3, -0.25) is 9.78 Å². The number of rotatable bonds is 3. The normalized spacial score (nSPS) is 9.62. The summed E-state index contributed by atoms with van der Waals surface area (Å²) in [7, 11) is 0. The molecule has 0 aliphatic heterocycles. The largest absolute Gasteiger partial charge is 0.345 e. The number of nitrogens with zero attached hydrogens (tertiary/aromatic N) is 1. The zero-order valence-electron chi connectivity index (χ0n) is 12.3. The quantitative estimate of drug-likeness (QED) is 0.876. The molecule has 3 nitrogen and oxygen atoms in total. The van der Waals surface area contributed by atoms with Gasteiger partial charge in [-0.15, -0.1) is 0 Å².